The summed E-state index contributed by atoms with van der Waals surface area (Å²) in [6.07, 6.45) is -3.53. The number of halogens is 4. The van der Waals surface area contributed by atoms with Gasteiger partial charge in [-0.1, -0.05) is 29.8 Å². The number of rotatable bonds is 5. The van der Waals surface area contributed by atoms with E-state index in [-0.39, 0.29) is 5.56 Å². The Morgan fingerprint density at radius 2 is 1.68 bits per heavy atom. The van der Waals surface area contributed by atoms with E-state index in [1.807, 2.05) is 38.1 Å². The van der Waals surface area contributed by atoms with E-state index in [1.54, 1.807) is 10.7 Å². The van der Waals surface area contributed by atoms with Gasteiger partial charge in [0.15, 0.2) is 0 Å². The summed E-state index contributed by atoms with van der Waals surface area (Å²) >= 11 is 0. The maximum atomic E-state index is 14.5. The highest BCUT2D eigenvalue weighted by Gasteiger charge is 2.31. The Kier molecular flexibility index (Phi) is 5.53. The lowest BCUT2D eigenvalue weighted by atomic mass is 10.1. The first-order valence-corrected chi connectivity index (χ1v) is 8.53. The molecule has 3 nitrogen and oxygen atoms in total. The second kappa shape index (κ2) is 7.88. The van der Waals surface area contributed by atoms with Crippen molar-refractivity contribution in [3.63, 3.8) is 0 Å². The minimum atomic E-state index is -4.78. The molecule has 0 aliphatic rings. The zero-order valence-corrected chi connectivity index (χ0v) is 15.3. The van der Waals surface area contributed by atoms with Gasteiger partial charge in [-0.3, -0.25) is 4.68 Å². The second-order valence-electron chi connectivity index (χ2n) is 6.42. The van der Waals surface area contributed by atoms with Crippen LogP contribution < -0.4 is 4.74 Å². The summed E-state index contributed by atoms with van der Waals surface area (Å²) in [5, 5.41) is 4.39. The van der Waals surface area contributed by atoms with Gasteiger partial charge < -0.3 is 4.74 Å². The molecule has 0 saturated carbocycles. The third-order valence-corrected chi connectivity index (χ3v) is 4.09. The summed E-state index contributed by atoms with van der Waals surface area (Å²) in [4.78, 5) is 0. The molecule has 1 heterocycles. The molecule has 3 rings (SSSR count). The van der Waals surface area contributed by atoms with Crippen LogP contribution in [0.2, 0.25) is 0 Å². The zero-order valence-electron chi connectivity index (χ0n) is 15.3. The van der Waals surface area contributed by atoms with E-state index < -0.39 is 17.9 Å². The molecule has 0 amide bonds. The van der Waals surface area contributed by atoms with Gasteiger partial charge in [-0.05, 0) is 49.7 Å². The fraction of sp³-hybridized carbons (Fsp3) is 0.190. The number of benzene rings is 2. The van der Waals surface area contributed by atoms with Crippen molar-refractivity contribution in [1.29, 1.82) is 0 Å². The Bertz CT molecular complexity index is 971. The first-order valence-electron chi connectivity index (χ1n) is 8.53. The van der Waals surface area contributed by atoms with Gasteiger partial charge in [-0.2, -0.15) is 5.10 Å². The van der Waals surface area contributed by atoms with Crippen LogP contribution in [0.4, 0.5) is 17.6 Å². The average molecular weight is 390 g/mol. The van der Waals surface area contributed by atoms with Crippen molar-refractivity contribution in [1.82, 2.24) is 9.78 Å². The predicted molar refractivity (Wildman–Crippen MR) is 99.3 cm³/mol. The van der Waals surface area contributed by atoms with Crippen LogP contribution >= 0.6 is 0 Å². The summed E-state index contributed by atoms with van der Waals surface area (Å²) in [6.45, 7) is 4.45. The van der Waals surface area contributed by atoms with Crippen molar-refractivity contribution < 1.29 is 22.3 Å². The highest BCUT2D eigenvalue weighted by molar-refractivity contribution is 5.75. The largest absolute Gasteiger partial charge is 0.573 e. The molecule has 0 atom stereocenters. The van der Waals surface area contributed by atoms with Crippen molar-refractivity contribution in [2.24, 2.45) is 0 Å². The topological polar surface area (TPSA) is 27.1 Å². The third-order valence-electron chi connectivity index (χ3n) is 4.09. The predicted octanol–water partition coefficient (Wildman–Crippen LogP) is 5.91. The molecule has 3 aromatic rings. The van der Waals surface area contributed by atoms with E-state index in [0.29, 0.717) is 12.2 Å². The van der Waals surface area contributed by atoms with Crippen LogP contribution in [0, 0.1) is 13.8 Å². The van der Waals surface area contributed by atoms with Gasteiger partial charge in [0.05, 0.1) is 12.2 Å². The number of aryl methyl sites for hydroxylation is 2. The number of aromatic nitrogens is 2. The summed E-state index contributed by atoms with van der Waals surface area (Å²) < 4.78 is 56.6. The van der Waals surface area contributed by atoms with Crippen LogP contribution in [0.25, 0.3) is 11.9 Å². The summed E-state index contributed by atoms with van der Waals surface area (Å²) in [5.41, 5.74) is 3.68. The summed E-state index contributed by atoms with van der Waals surface area (Å²) in [7, 11) is 0. The van der Waals surface area contributed by atoms with Crippen molar-refractivity contribution in [3.05, 3.63) is 82.7 Å². The lowest BCUT2D eigenvalue weighted by molar-refractivity contribution is -0.274. The Balaban J connectivity index is 1.75. The molecule has 146 valence electrons. The molecule has 0 spiro atoms. The van der Waals surface area contributed by atoms with Gasteiger partial charge in [-0.15, -0.1) is 13.2 Å². The molecule has 0 aliphatic heterocycles. The minimum absolute atomic E-state index is 0.139. The normalized spacial score (nSPS) is 12.3. The standard InChI is InChI=1S/C21H18F4N2O/c1-14-3-5-16(6-4-14)13-27-15(2)11-18(26-27)12-20(22)17-7-9-19(10-8-17)28-21(23,24)25/h3-12H,13H2,1-2H3. The maximum absolute atomic E-state index is 14.5. The van der Waals surface area contributed by atoms with Crippen molar-refractivity contribution in [2.45, 2.75) is 26.8 Å². The zero-order chi connectivity index (χ0) is 20.3. The Labute approximate surface area is 159 Å². The van der Waals surface area contributed by atoms with Crippen LogP contribution in [0.5, 0.6) is 5.75 Å². The molecule has 28 heavy (non-hydrogen) atoms. The first-order chi connectivity index (χ1) is 13.2. The quantitative estimate of drug-likeness (QED) is 0.506. The van der Waals surface area contributed by atoms with Crippen LogP contribution in [-0.4, -0.2) is 16.1 Å². The van der Waals surface area contributed by atoms with E-state index in [0.717, 1.165) is 23.4 Å². The molecular formula is C21H18F4N2O. The van der Waals surface area contributed by atoms with E-state index >= 15 is 0 Å². The number of hydrogen-bond donors (Lipinski definition) is 0. The lowest BCUT2D eigenvalue weighted by Gasteiger charge is -2.08. The highest BCUT2D eigenvalue weighted by Crippen LogP contribution is 2.26. The van der Waals surface area contributed by atoms with E-state index in [1.165, 1.54) is 23.8 Å². The van der Waals surface area contributed by atoms with Crippen molar-refractivity contribution in [3.8, 4) is 5.75 Å². The SMILES string of the molecule is Cc1ccc(Cn2nc(C=C(F)c3ccc(OC(F)(F)F)cc3)cc2C)cc1. The van der Waals surface area contributed by atoms with Crippen LogP contribution in [0.3, 0.4) is 0 Å². The second-order valence-corrected chi connectivity index (χ2v) is 6.42. The molecule has 0 aliphatic carbocycles. The van der Waals surface area contributed by atoms with Crippen LogP contribution in [0.15, 0.2) is 54.6 Å². The Morgan fingerprint density at radius 1 is 1.04 bits per heavy atom. The Hall–Kier alpha value is -3.09. The molecule has 0 saturated heterocycles. The molecular weight excluding hydrogens is 372 g/mol. The average Bonchev–Trinajstić information content (AvgIpc) is 2.95. The molecule has 0 fully saturated rings. The van der Waals surface area contributed by atoms with Gasteiger partial charge in [0.25, 0.3) is 0 Å². The van der Waals surface area contributed by atoms with Crippen molar-refractivity contribution in [2.75, 3.05) is 0 Å². The fourth-order valence-corrected chi connectivity index (χ4v) is 2.66. The van der Waals surface area contributed by atoms with Gasteiger partial charge in [0, 0.05) is 17.3 Å². The van der Waals surface area contributed by atoms with Gasteiger partial charge in [0.1, 0.15) is 11.6 Å². The number of ether oxygens (including phenoxy) is 1. The van der Waals surface area contributed by atoms with E-state index in [9.17, 15) is 17.6 Å². The molecule has 2 aromatic carbocycles. The smallest absolute Gasteiger partial charge is 0.406 e. The fourth-order valence-electron chi connectivity index (χ4n) is 2.66. The number of nitrogens with zero attached hydrogens (tertiary/aromatic N) is 2. The van der Waals surface area contributed by atoms with Gasteiger partial charge in [-0.25, -0.2) is 4.39 Å². The van der Waals surface area contributed by atoms with Crippen LogP contribution in [-0.2, 0) is 6.54 Å². The third kappa shape index (κ3) is 5.22. The summed E-state index contributed by atoms with van der Waals surface area (Å²) in [5.74, 6) is -0.999. The minimum Gasteiger partial charge on any atom is -0.406 e. The number of alkyl halides is 3. The summed E-state index contributed by atoms with van der Waals surface area (Å²) in [6, 6.07) is 14.4. The Morgan fingerprint density at radius 3 is 2.29 bits per heavy atom. The highest BCUT2D eigenvalue weighted by atomic mass is 19.4. The van der Waals surface area contributed by atoms with Crippen molar-refractivity contribution >= 4 is 11.9 Å². The van der Waals surface area contributed by atoms with Gasteiger partial charge in [0.2, 0.25) is 0 Å². The van der Waals surface area contributed by atoms with E-state index in [2.05, 4.69) is 9.84 Å². The lowest BCUT2D eigenvalue weighted by Crippen LogP contribution is -2.16. The molecule has 0 radical (unpaired) electrons. The number of hydrogen-bond acceptors (Lipinski definition) is 2. The first kappa shape index (κ1) is 19.7. The molecule has 7 heteroatoms. The van der Waals surface area contributed by atoms with Gasteiger partial charge >= 0.3 is 6.36 Å². The maximum Gasteiger partial charge on any atom is 0.573 e. The van der Waals surface area contributed by atoms with E-state index in [4.69, 9.17) is 0 Å². The molecule has 0 N–H and O–H groups in total. The molecule has 0 bridgehead atoms. The van der Waals surface area contributed by atoms with Crippen LogP contribution in [0.1, 0.15) is 28.1 Å². The molecule has 1 aromatic heterocycles. The monoisotopic (exact) mass is 390 g/mol. The molecule has 0 unspecified atom stereocenters.